The Bertz CT molecular complexity index is 519. The topological polar surface area (TPSA) is 50.8 Å². The number of rotatable bonds is 7. The first-order valence-corrected chi connectivity index (χ1v) is 8.57. The van der Waals surface area contributed by atoms with Gasteiger partial charge in [-0.05, 0) is 52.3 Å². The molecule has 1 amide bonds. The Morgan fingerprint density at radius 2 is 1.96 bits per heavy atom. The highest BCUT2D eigenvalue weighted by molar-refractivity contribution is 5.92. The molecule has 1 fully saturated rings. The van der Waals surface area contributed by atoms with E-state index in [2.05, 4.69) is 17.1 Å². The van der Waals surface area contributed by atoms with Crippen molar-refractivity contribution in [3.63, 3.8) is 0 Å². The van der Waals surface area contributed by atoms with E-state index in [1.165, 1.54) is 19.3 Å². The molecule has 1 aliphatic heterocycles. The smallest absolute Gasteiger partial charge is 0.238 e. The Hall–Kier alpha value is -1.75. The molecule has 0 unspecified atom stereocenters. The first-order valence-electron chi connectivity index (χ1n) is 8.57. The molecule has 1 heterocycles. The maximum absolute atomic E-state index is 12.3. The third kappa shape index (κ3) is 5.13. The third-order valence-corrected chi connectivity index (χ3v) is 4.11. The lowest BCUT2D eigenvalue weighted by atomic mass is 10.0. The Morgan fingerprint density at radius 3 is 2.65 bits per heavy atom. The zero-order chi connectivity index (χ0) is 16.7. The average molecular weight is 320 g/mol. The summed E-state index contributed by atoms with van der Waals surface area (Å²) in [5.41, 5.74) is 0.742. The van der Waals surface area contributed by atoms with E-state index in [4.69, 9.17) is 9.47 Å². The third-order valence-electron chi connectivity index (χ3n) is 4.11. The van der Waals surface area contributed by atoms with E-state index in [0.717, 1.165) is 12.2 Å². The van der Waals surface area contributed by atoms with Crippen molar-refractivity contribution in [1.82, 2.24) is 4.90 Å². The van der Waals surface area contributed by atoms with Crippen LogP contribution in [-0.2, 0) is 4.79 Å². The van der Waals surface area contributed by atoms with Gasteiger partial charge in [-0.25, -0.2) is 0 Å². The molecular formula is C18H28N2O3. The Morgan fingerprint density at radius 1 is 1.22 bits per heavy atom. The van der Waals surface area contributed by atoms with Crippen LogP contribution in [0, 0.1) is 0 Å². The van der Waals surface area contributed by atoms with Crippen molar-refractivity contribution in [2.75, 3.05) is 31.6 Å². The normalized spacial score (nSPS) is 18.5. The zero-order valence-electron chi connectivity index (χ0n) is 14.4. The second-order valence-electron chi connectivity index (χ2n) is 5.89. The van der Waals surface area contributed by atoms with Crippen LogP contribution in [0.15, 0.2) is 18.2 Å². The molecule has 1 aromatic rings. The summed E-state index contributed by atoms with van der Waals surface area (Å²) in [6.07, 6.45) is 3.61. The van der Waals surface area contributed by atoms with Gasteiger partial charge in [-0.2, -0.15) is 0 Å². The molecular weight excluding hydrogens is 292 g/mol. The summed E-state index contributed by atoms with van der Waals surface area (Å²) < 4.78 is 11.1. The standard InChI is InChI=1S/C18H28N2O3/c1-4-22-16-10-9-15(12-17(16)23-5-2)19-18(21)13-20-11-7-6-8-14(20)3/h9-10,12,14H,4-8,11,13H2,1-3H3,(H,19,21)/t14-/m1/s1. The van der Waals surface area contributed by atoms with Gasteiger partial charge in [0.25, 0.3) is 0 Å². The molecule has 0 saturated carbocycles. The quantitative estimate of drug-likeness (QED) is 0.837. The molecule has 23 heavy (non-hydrogen) atoms. The van der Waals surface area contributed by atoms with Gasteiger partial charge in [0, 0.05) is 17.8 Å². The molecule has 1 aliphatic rings. The lowest BCUT2D eigenvalue weighted by Crippen LogP contribution is -2.42. The number of nitrogens with one attached hydrogen (secondary N) is 1. The number of anilines is 1. The fourth-order valence-electron chi connectivity index (χ4n) is 2.91. The highest BCUT2D eigenvalue weighted by Gasteiger charge is 2.20. The summed E-state index contributed by atoms with van der Waals surface area (Å²) in [5, 5.41) is 2.96. The first-order chi connectivity index (χ1) is 11.1. The van der Waals surface area contributed by atoms with E-state index in [9.17, 15) is 4.79 Å². The highest BCUT2D eigenvalue weighted by Crippen LogP contribution is 2.30. The number of carbonyl (C=O) groups is 1. The fraction of sp³-hybridized carbons (Fsp3) is 0.611. The largest absolute Gasteiger partial charge is 0.490 e. The maximum Gasteiger partial charge on any atom is 0.238 e. The zero-order valence-corrected chi connectivity index (χ0v) is 14.4. The summed E-state index contributed by atoms with van der Waals surface area (Å²) in [6, 6.07) is 6.00. The van der Waals surface area contributed by atoms with Crippen molar-refractivity contribution in [2.24, 2.45) is 0 Å². The SMILES string of the molecule is CCOc1ccc(NC(=O)CN2CCCC[C@H]2C)cc1OCC. The molecule has 0 bridgehead atoms. The summed E-state index contributed by atoms with van der Waals surface area (Å²) in [5.74, 6) is 1.39. The van der Waals surface area contributed by atoms with Crippen molar-refractivity contribution in [3.8, 4) is 11.5 Å². The Labute approximate surface area is 139 Å². The van der Waals surface area contributed by atoms with Gasteiger partial charge < -0.3 is 14.8 Å². The molecule has 1 atom stereocenters. The number of likely N-dealkylation sites (tertiary alicyclic amines) is 1. The van der Waals surface area contributed by atoms with Gasteiger partial charge in [0.1, 0.15) is 0 Å². The average Bonchev–Trinajstić information content (AvgIpc) is 2.52. The maximum atomic E-state index is 12.3. The van der Waals surface area contributed by atoms with E-state index in [1.807, 2.05) is 32.0 Å². The number of nitrogens with zero attached hydrogens (tertiary/aromatic N) is 1. The number of amides is 1. The summed E-state index contributed by atoms with van der Waals surface area (Å²) >= 11 is 0. The van der Waals surface area contributed by atoms with Crippen LogP contribution in [0.1, 0.15) is 40.0 Å². The molecule has 1 aromatic carbocycles. The second kappa shape index (κ2) is 8.77. The van der Waals surface area contributed by atoms with E-state index in [0.29, 0.717) is 37.3 Å². The highest BCUT2D eigenvalue weighted by atomic mass is 16.5. The molecule has 0 spiro atoms. The van der Waals surface area contributed by atoms with Crippen molar-refractivity contribution in [3.05, 3.63) is 18.2 Å². The van der Waals surface area contributed by atoms with Crippen LogP contribution in [0.25, 0.3) is 0 Å². The Balaban J connectivity index is 1.98. The molecule has 1 saturated heterocycles. The van der Waals surface area contributed by atoms with Crippen molar-refractivity contribution in [2.45, 2.75) is 46.1 Å². The van der Waals surface area contributed by atoms with E-state index in [-0.39, 0.29) is 5.91 Å². The van der Waals surface area contributed by atoms with Crippen LogP contribution in [0.4, 0.5) is 5.69 Å². The van der Waals surface area contributed by atoms with Gasteiger partial charge in [-0.1, -0.05) is 6.42 Å². The molecule has 2 rings (SSSR count). The minimum Gasteiger partial charge on any atom is -0.490 e. The van der Waals surface area contributed by atoms with Crippen LogP contribution < -0.4 is 14.8 Å². The lowest BCUT2D eigenvalue weighted by Gasteiger charge is -2.32. The monoisotopic (exact) mass is 320 g/mol. The number of hydrogen-bond donors (Lipinski definition) is 1. The van der Waals surface area contributed by atoms with Crippen molar-refractivity contribution < 1.29 is 14.3 Å². The minimum atomic E-state index is 0.0189. The predicted molar refractivity (Wildman–Crippen MR) is 92.3 cm³/mol. The number of ether oxygens (including phenoxy) is 2. The summed E-state index contributed by atoms with van der Waals surface area (Å²) in [7, 11) is 0. The summed E-state index contributed by atoms with van der Waals surface area (Å²) in [4.78, 5) is 14.5. The van der Waals surface area contributed by atoms with Crippen molar-refractivity contribution in [1.29, 1.82) is 0 Å². The van der Waals surface area contributed by atoms with Gasteiger partial charge in [0.15, 0.2) is 11.5 Å². The van der Waals surface area contributed by atoms with Gasteiger partial charge in [-0.3, -0.25) is 9.69 Å². The van der Waals surface area contributed by atoms with E-state index < -0.39 is 0 Å². The number of piperidine rings is 1. The predicted octanol–water partition coefficient (Wildman–Crippen LogP) is 3.30. The van der Waals surface area contributed by atoms with Crippen molar-refractivity contribution >= 4 is 11.6 Å². The molecule has 128 valence electrons. The number of carbonyl (C=O) groups excluding carboxylic acids is 1. The number of benzene rings is 1. The van der Waals surface area contributed by atoms with Crippen LogP contribution in [0.5, 0.6) is 11.5 Å². The first kappa shape index (κ1) is 17.6. The van der Waals surface area contributed by atoms with Gasteiger partial charge in [-0.15, -0.1) is 0 Å². The van der Waals surface area contributed by atoms with Crippen LogP contribution >= 0.6 is 0 Å². The van der Waals surface area contributed by atoms with E-state index >= 15 is 0 Å². The van der Waals surface area contributed by atoms with Crippen LogP contribution in [0.2, 0.25) is 0 Å². The minimum absolute atomic E-state index is 0.0189. The van der Waals surface area contributed by atoms with Gasteiger partial charge in [0.05, 0.1) is 19.8 Å². The lowest BCUT2D eigenvalue weighted by molar-refractivity contribution is -0.118. The second-order valence-corrected chi connectivity index (χ2v) is 5.89. The van der Waals surface area contributed by atoms with Crippen LogP contribution in [-0.4, -0.2) is 43.2 Å². The molecule has 5 heteroatoms. The Kier molecular flexibility index (Phi) is 6.71. The summed E-state index contributed by atoms with van der Waals surface area (Å²) in [6.45, 7) is 8.64. The molecule has 1 N–H and O–H groups in total. The van der Waals surface area contributed by atoms with Gasteiger partial charge >= 0.3 is 0 Å². The molecule has 0 aromatic heterocycles. The van der Waals surface area contributed by atoms with E-state index in [1.54, 1.807) is 0 Å². The fourth-order valence-corrected chi connectivity index (χ4v) is 2.91. The number of hydrogen-bond acceptors (Lipinski definition) is 4. The molecule has 0 aliphatic carbocycles. The molecule has 5 nitrogen and oxygen atoms in total. The van der Waals surface area contributed by atoms with Crippen LogP contribution in [0.3, 0.4) is 0 Å². The van der Waals surface area contributed by atoms with Gasteiger partial charge in [0.2, 0.25) is 5.91 Å². The molecule has 0 radical (unpaired) electrons.